The van der Waals surface area contributed by atoms with Gasteiger partial charge in [-0.15, -0.1) is 0 Å². The highest BCUT2D eigenvalue weighted by atomic mass is 32.2. The lowest BCUT2D eigenvalue weighted by Gasteiger charge is -2.31. The topological polar surface area (TPSA) is 106 Å². The molecule has 0 saturated carbocycles. The molecule has 1 heterocycles. The number of likely N-dealkylation sites (tertiary alicyclic amines) is 1. The highest BCUT2D eigenvalue weighted by Crippen LogP contribution is 2.23. The first kappa shape index (κ1) is 16.9. The number of hydrogen-bond donors (Lipinski definition) is 2. The third-order valence-electron chi connectivity index (χ3n) is 4.41. The van der Waals surface area contributed by atoms with Crippen LogP contribution in [0, 0.1) is 19.8 Å². The normalized spacial score (nSPS) is 16.8. The number of rotatable bonds is 3. The van der Waals surface area contributed by atoms with Crippen molar-refractivity contribution in [3.63, 3.8) is 0 Å². The first-order valence-corrected chi connectivity index (χ1v) is 8.92. The van der Waals surface area contributed by atoms with Crippen LogP contribution >= 0.6 is 0 Å². The first-order valence-electron chi connectivity index (χ1n) is 7.37. The molecule has 0 aliphatic carbocycles. The molecular weight excluding hydrogens is 302 g/mol. The van der Waals surface area contributed by atoms with Gasteiger partial charge in [-0.2, -0.15) is 0 Å². The summed E-state index contributed by atoms with van der Waals surface area (Å²) >= 11 is 0. The van der Waals surface area contributed by atoms with Crippen molar-refractivity contribution in [3.05, 3.63) is 28.8 Å². The zero-order chi connectivity index (χ0) is 16.5. The van der Waals surface area contributed by atoms with Gasteiger partial charge in [-0.3, -0.25) is 4.79 Å². The van der Waals surface area contributed by atoms with Crippen molar-refractivity contribution in [3.8, 4) is 0 Å². The number of nitrogens with two attached hydrogens (primary N) is 2. The van der Waals surface area contributed by atoms with E-state index in [1.807, 2.05) is 0 Å². The Morgan fingerprint density at radius 2 is 1.86 bits per heavy atom. The van der Waals surface area contributed by atoms with E-state index in [0.29, 0.717) is 36.7 Å². The molecule has 1 aromatic rings. The van der Waals surface area contributed by atoms with Crippen LogP contribution in [0.1, 0.15) is 34.3 Å². The summed E-state index contributed by atoms with van der Waals surface area (Å²) in [6.45, 7) is 5.41. The third-order valence-corrected chi connectivity index (χ3v) is 5.45. The number of hydrogen-bond acceptors (Lipinski definition) is 4. The second-order valence-corrected chi connectivity index (χ2v) is 7.46. The van der Waals surface area contributed by atoms with Crippen LogP contribution in [0.25, 0.3) is 0 Å². The van der Waals surface area contributed by atoms with Gasteiger partial charge in [0.25, 0.3) is 5.91 Å². The molecule has 1 aliphatic rings. The summed E-state index contributed by atoms with van der Waals surface area (Å²) in [5, 5.41) is 5.24. The fourth-order valence-corrected chi connectivity index (χ4v) is 3.68. The number of amides is 1. The molecule has 1 amide bonds. The van der Waals surface area contributed by atoms with Crippen LogP contribution < -0.4 is 10.9 Å². The van der Waals surface area contributed by atoms with E-state index in [1.54, 1.807) is 24.8 Å². The van der Waals surface area contributed by atoms with E-state index < -0.39 is 10.0 Å². The summed E-state index contributed by atoms with van der Waals surface area (Å²) < 4.78 is 23.4. The number of primary sulfonamides is 1. The summed E-state index contributed by atoms with van der Waals surface area (Å²) in [6, 6.07) is 3.11. The Kier molecular flexibility index (Phi) is 4.89. The number of nitrogens with zero attached hydrogens (tertiary/aromatic N) is 1. The molecular formula is C15H23N3O3S. The van der Waals surface area contributed by atoms with Gasteiger partial charge in [0.15, 0.2) is 0 Å². The maximum absolute atomic E-state index is 12.6. The van der Waals surface area contributed by atoms with Gasteiger partial charge in [-0.05, 0) is 62.4 Å². The summed E-state index contributed by atoms with van der Waals surface area (Å²) in [7, 11) is -3.84. The number of sulfonamides is 1. The average Bonchev–Trinajstić information content (AvgIpc) is 2.48. The number of piperidine rings is 1. The molecule has 0 radical (unpaired) electrons. The lowest BCUT2D eigenvalue weighted by Crippen LogP contribution is -2.40. The van der Waals surface area contributed by atoms with Crippen molar-refractivity contribution in [2.75, 3.05) is 19.6 Å². The summed E-state index contributed by atoms with van der Waals surface area (Å²) in [4.78, 5) is 14.4. The Balaban J connectivity index is 2.30. The smallest absolute Gasteiger partial charge is 0.253 e. The van der Waals surface area contributed by atoms with Crippen LogP contribution in [0.15, 0.2) is 17.0 Å². The van der Waals surface area contributed by atoms with Gasteiger partial charge in [0.2, 0.25) is 10.0 Å². The molecule has 0 bridgehead atoms. The van der Waals surface area contributed by atoms with Crippen LogP contribution in [0.5, 0.6) is 0 Å². The first-order chi connectivity index (χ1) is 10.2. The van der Waals surface area contributed by atoms with Gasteiger partial charge < -0.3 is 10.6 Å². The molecule has 1 fully saturated rings. The molecule has 7 heteroatoms. The predicted octanol–water partition coefficient (Wildman–Crippen LogP) is 0.762. The Morgan fingerprint density at radius 1 is 1.27 bits per heavy atom. The average molecular weight is 325 g/mol. The molecule has 1 aromatic carbocycles. The summed E-state index contributed by atoms with van der Waals surface area (Å²) in [5.74, 6) is 0.312. The predicted molar refractivity (Wildman–Crippen MR) is 85.0 cm³/mol. The van der Waals surface area contributed by atoms with E-state index in [0.717, 1.165) is 18.4 Å². The van der Waals surface area contributed by atoms with E-state index in [1.165, 1.54) is 6.07 Å². The molecule has 22 heavy (non-hydrogen) atoms. The molecule has 0 unspecified atom stereocenters. The van der Waals surface area contributed by atoms with Crippen molar-refractivity contribution in [2.45, 2.75) is 31.6 Å². The Hall–Kier alpha value is -1.44. The van der Waals surface area contributed by atoms with Gasteiger partial charge >= 0.3 is 0 Å². The maximum atomic E-state index is 12.6. The summed E-state index contributed by atoms with van der Waals surface area (Å²) in [5.41, 5.74) is 7.36. The maximum Gasteiger partial charge on any atom is 0.253 e. The molecule has 6 nitrogen and oxygen atoms in total. The minimum Gasteiger partial charge on any atom is -0.339 e. The Morgan fingerprint density at radius 3 is 2.36 bits per heavy atom. The van der Waals surface area contributed by atoms with Gasteiger partial charge in [0, 0.05) is 18.7 Å². The van der Waals surface area contributed by atoms with Crippen LogP contribution in [0.2, 0.25) is 0 Å². The second-order valence-electron chi connectivity index (χ2n) is 5.93. The minimum absolute atomic E-state index is 0.0210. The highest BCUT2D eigenvalue weighted by molar-refractivity contribution is 7.89. The van der Waals surface area contributed by atoms with Crippen LogP contribution in [-0.2, 0) is 10.0 Å². The zero-order valence-electron chi connectivity index (χ0n) is 13.0. The second kappa shape index (κ2) is 6.36. The van der Waals surface area contributed by atoms with Crippen molar-refractivity contribution >= 4 is 15.9 Å². The van der Waals surface area contributed by atoms with Crippen molar-refractivity contribution in [1.29, 1.82) is 0 Å². The van der Waals surface area contributed by atoms with Crippen LogP contribution in [-0.4, -0.2) is 38.9 Å². The van der Waals surface area contributed by atoms with Gasteiger partial charge in [0.05, 0.1) is 4.90 Å². The van der Waals surface area contributed by atoms with E-state index in [9.17, 15) is 13.2 Å². The number of carbonyl (C=O) groups excluding carboxylic acids is 1. The molecule has 0 atom stereocenters. The zero-order valence-corrected chi connectivity index (χ0v) is 13.8. The monoisotopic (exact) mass is 325 g/mol. The van der Waals surface area contributed by atoms with E-state index in [4.69, 9.17) is 10.9 Å². The molecule has 122 valence electrons. The Bertz CT molecular complexity index is 678. The van der Waals surface area contributed by atoms with Gasteiger partial charge in [-0.1, -0.05) is 0 Å². The third kappa shape index (κ3) is 3.48. The van der Waals surface area contributed by atoms with E-state index >= 15 is 0 Å². The van der Waals surface area contributed by atoms with Crippen LogP contribution in [0.3, 0.4) is 0 Å². The lowest BCUT2D eigenvalue weighted by atomic mass is 9.96. The Labute approximate surface area is 131 Å². The molecule has 4 N–H and O–H groups in total. The van der Waals surface area contributed by atoms with Crippen molar-refractivity contribution < 1.29 is 13.2 Å². The fraction of sp³-hybridized carbons (Fsp3) is 0.533. The fourth-order valence-electron chi connectivity index (χ4n) is 2.80. The van der Waals surface area contributed by atoms with E-state index in [2.05, 4.69) is 0 Å². The van der Waals surface area contributed by atoms with Gasteiger partial charge in [0.1, 0.15) is 0 Å². The number of aryl methyl sites for hydroxylation is 1. The number of benzene rings is 1. The SMILES string of the molecule is Cc1cc(C(=O)N2CCC(CN)CC2)cc(S(N)(=O)=O)c1C. The standard InChI is InChI=1S/C15H23N3O3S/c1-10-7-13(8-14(11(10)2)22(17,20)21)15(19)18-5-3-12(9-16)4-6-18/h7-8,12H,3-6,9,16H2,1-2H3,(H2,17,20,21). The van der Waals surface area contributed by atoms with Crippen molar-refractivity contribution in [2.24, 2.45) is 16.8 Å². The largest absolute Gasteiger partial charge is 0.339 e. The molecule has 0 aromatic heterocycles. The number of carbonyl (C=O) groups is 1. The van der Waals surface area contributed by atoms with E-state index in [-0.39, 0.29) is 10.8 Å². The molecule has 2 rings (SSSR count). The quantitative estimate of drug-likeness (QED) is 0.855. The molecule has 0 spiro atoms. The van der Waals surface area contributed by atoms with Crippen molar-refractivity contribution in [1.82, 2.24) is 4.90 Å². The molecule has 1 saturated heterocycles. The molecule has 1 aliphatic heterocycles. The highest BCUT2D eigenvalue weighted by Gasteiger charge is 2.24. The lowest BCUT2D eigenvalue weighted by molar-refractivity contribution is 0.0693. The van der Waals surface area contributed by atoms with Crippen LogP contribution in [0.4, 0.5) is 0 Å². The minimum atomic E-state index is -3.84. The summed E-state index contributed by atoms with van der Waals surface area (Å²) in [6.07, 6.45) is 1.77. The van der Waals surface area contributed by atoms with Gasteiger partial charge in [-0.25, -0.2) is 13.6 Å².